The first-order valence-electron chi connectivity index (χ1n) is 4.98. The monoisotopic (exact) mass is 205 g/mol. The van der Waals surface area contributed by atoms with Gasteiger partial charge in [-0.2, -0.15) is 5.10 Å². The summed E-state index contributed by atoms with van der Waals surface area (Å²) in [6, 6.07) is 6.17. The first kappa shape index (κ1) is 10.1. The molecule has 0 aliphatic heterocycles. The maximum absolute atomic E-state index is 9.49. The first-order chi connectivity index (χ1) is 7.20. The lowest BCUT2D eigenvalue weighted by atomic mass is 10.2. The molecule has 0 spiro atoms. The minimum absolute atomic E-state index is 0.462. The van der Waals surface area contributed by atoms with Gasteiger partial charge in [-0.15, -0.1) is 0 Å². The highest BCUT2D eigenvalue weighted by Crippen LogP contribution is 2.15. The van der Waals surface area contributed by atoms with E-state index in [0.717, 1.165) is 10.9 Å². The average molecular weight is 205 g/mol. The summed E-state index contributed by atoms with van der Waals surface area (Å²) in [5, 5.41) is 17.6. The number of benzene rings is 1. The highest BCUT2D eigenvalue weighted by Gasteiger charge is 2.06. The Labute approximate surface area is 88.5 Å². The fourth-order valence-electron chi connectivity index (χ4n) is 1.58. The van der Waals surface area contributed by atoms with Crippen LogP contribution in [0.15, 0.2) is 24.4 Å². The topological polar surface area (TPSA) is 50.1 Å². The molecule has 15 heavy (non-hydrogen) atoms. The third-order valence-electron chi connectivity index (χ3n) is 2.48. The summed E-state index contributed by atoms with van der Waals surface area (Å²) in [5.74, 6) is 0. The number of rotatable bonds is 3. The first-order valence-corrected chi connectivity index (χ1v) is 4.98. The molecular formula is C11H15N3O. The molecular weight excluding hydrogens is 190 g/mol. The molecule has 0 amide bonds. The van der Waals surface area contributed by atoms with Crippen LogP contribution in [0.1, 0.15) is 5.56 Å². The number of hydrogen-bond acceptors (Lipinski definition) is 3. The van der Waals surface area contributed by atoms with Gasteiger partial charge < -0.3 is 5.11 Å². The predicted molar refractivity (Wildman–Crippen MR) is 59.5 cm³/mol. The van der Waals surface area contributed by atoms with Gasteiger partial charge in [0.2, 0.25) is 0 Å². The molecule has 1 atom stereocenters. The van der Waals surface area contributed by atoms with Crippen molar-refractivity contribution in [3.63, 3.8) is 0 Å². The molecule has 4 heteroatoms. The van der Waals surface area contributed by atoms with Crippen molar-refractivity contribution in [3.05, 3.63) is 30.0 Å². The lowest BCUT2D eigenvalue weighted by Crippen LogP contribution is -2.29. The Morgan fingerprint density at radius 3 is 3.07 bits per heavy atom. The Bertz CT molecular complexity index is 464. The number of aliphatic hydroxyl groups excluding tert-OH is 1. The maximum atomic E-state index is 9.49. The lowest BCUT2D eigenvalue weighted by molar-refractivity contribution is 0.124. The van der Waals surface area contributed by atoms with Crippen LogP contribution < -0.4 is 5.32 Å². The number of nitrogens with one attached hydrogen (secondary N) is 1. The van der Waals surface area contributed by atoms with E-state index in [9.17, 15) is 5.11 Å². The summed E-state index contributed by atoms with van der Waals surface area (Å²) in [6.07, 6.45) is 1.26. The van der Waals surface area contributed by atoms with Gasteiger partial charge >= 0.3 is 0 Å². The van der Waals surface area contributed by atoms with Gasteiger partial charge in [-0.25, -0.2) is 0 Å². The van der Waals surface area contributed by atoms with Crippen LogP contribution in [0.4, 0.5) is 0 Å². The van der Waals surface area contributed by atoms with Crippen LogP contribution in [-0.2, 0) is 6.54 Å². The second-order valence-corrected chi connectivity index (χ2v) is 3.69. The Morgan fingerprint density at radius 1 is 1.53 bits per heavy atom. The van der Waals surface area contributed by atoms with Crippen molar-refractivity contribution >= 4 is 10.9 Å². The summed E-state index contributed by atoms with van der Waals surface area (Å²) in [5.41, 5.74) is 2.26. The second kappa shape index (κ2) is 4.00. The molecule has 0 aliphatic rings. The molecule has 2 N–H and O–H groups in total. The van der Waals surface area contributed by atoms with Gasteiger partial charge in [-0.05, 0) is 25.6 Å². The Hall–Kier alpha value is -1.39. The van der Waals surface area contributed by atoms with E-state index in [-0.39, 0.29) is 0 Å². The zero-order valence-electron chi connectivity index (χ0n) is 8.94. The highest BCUT2D eigenvalue weighted by atomic mass is 16.3. The molecule has 0 radical (unpaired) electrons. The van der Waals surface area contributed by atoms with E-state index >= 15 is 0 Å². The van der Waals surface area contributed by atoms with Crippen molar-refractivity contribution in [3.8, 4) is 0 Å². The number of likely N-dealkylation sites (N-methyl/N-ethyl adjacent to an activating group) is 1. The summed E-state index contributed by atoms with van der Waals surface area (Å²) in [7, 11) is 1.72. The molecule has 1 heterocycles. The van der Waals surface area contributed by atoms with Gasteiger partial charge in [0.15, 0.2) is 0 Å². The molecule has 0 saturated carbocycles. The lowest BCUT2D eigenvalue weighted by Gasteiger charge is -2.10. The standard InChI is InChI=1S/C11H15N3O/c1-8-3-4-9-6-13-14(10(9)5-8)7-11(15)12-2/h3-6,11-12,15H,7H2,1-2H3. The molecule has 1 aromatic heterocycles. The normalized spacial score (nSPS) is 13.3. The maximum Gasteiger partial charge on any atom is 0.124 e. The van der Waals surface area contributed by atoms with Gasteiger partial charge in [0.05, 0.1) is 18.3 Å². The molecule has 0 saturated heterocycles. The largest absolute Gasteiger partial charge is 0.377 e. The van der Waals surface area contributed by atoms with E-state index in [0.29, 0.717) is 6.54 Å². The molecule has 4 nitrogen and oxygen atoms in total. The zero-order chi connectivity index (χ0) is 10.8. The quantitative estimate of drug-likeness (QED) is 0.731. The van der Waals surface area contributed by atoms with Crippen molar-refractivity contribution in [1.82, 2.24) is 15.1 Å². The minimum Gasteiger partial charge on any atom is -0.377 e. The van der Waals surface area contributed by atoms with E-state index in [1.54, 1.807) is 7.05 Å². The van der Waals surface area contributed by atoms with E-state index in [2.05, 4.69) is 22.5 Å². The van der Waals surface area contributed by atoms with E-state index in [4.69, 9.17) is 0 Å². The van der Waals surface area contributed by atoms with Crippen LogP contribution in [0, 0.1) is 6.92 Å². The van der Waals surface area contributed by atoms with Gasteiger partial charge in [-0.3, -0.25) is 10.00 Å². The van der Waals surface area contributed by atoms with Gasteiger partial charge in [0.25, 0.3) is 0 Å². The molecule has 80 valence electrons. The Balaban J connectivity index is 2.39. The molecule has 1 aromatic carbocycles. The Kier molecular flexibility index (Phi) is 2.70. The van der Waals surface area contributed by atoms with Crippen molar-refractivity contribution in [2.75, 3.05) is 7.05 Å². The molecule has 2 aromatic rings. The number of aliphatic hydroxyl groups is 1. The smallest absolute Gasteiger partial charge is 0.124 e. The molecule has 2 rings (SSSR count). The van der Waals surface area contributed by atoms with Crippen molar-refractivity contribution < 1.29 is 5.11 Å². The number of hydrogen-bond donors (Lipinski definition) is 2. The van der Waals surface area contributed by atoms with Crippen LogP contribution in [0.5, 0.6) is 0 Å². The third kappa shape index (κ3) is 2.00. The van der Waals surface area contributed by atoms with Gasteiger partial charge in [0, 0.05) is 5.39 Å². The van der Waals surface area contributed by atoms with Gasteiger partial charge in [0.1, 0.15) is 6.23 Å². The van der Waals surface area contributed by atoms with Crippen LogP contribution >= 0.6 is 0 Å². The fourth-order valence-corrected chi connectivity index (χ4v) is 1.58. The molecule has 0 fully saturated rings. The van der Waals surface area contributed by atoms with E-state index in [1.165, 1.54) is 5.56 Å². The summed E-state index contributed by atoms with van der Waals surface area (Å²) < 4.78 is 1.81. The molecule has 0 aliphatic carbocycles. The number of aromatic nitrogens is 2. The van der Waals surface area contributed by atoms with Crippen molar-refractivity contribution in [2.45, 2.75) is 19.7 Å². The van der Waals surface area contributed by atoms with E-state index < -0.39 is 6.23 Å². The summed E-state index contributed by atoms with van der Waals surface area (Å²) in [4.78, 5) is 0. The van der Waals surface area contributed by atoms with Crippen molar-refractivity contribution in [2.24, 2.45) is 0 Å². The number of aryl methyl sites for hydroxylation is 1. The second-order valence-electron chi connectivity index (χ2n) is 3.69. The van der Waals surface area contributed by atoms with Gasteiger partial charge in [-0.1, -0.05) is 12.1 Å². The van der Waals surface area contributed by atoms with Crippen LogP contribution in [0.25, 0.3) is 10.9 Å². The van der Waals surface area contributed by atoms with Crippen LogP contribution in [-0.4, -0.2) is 28.2 Å². The molecule has 0 bridgehead atoms. The SMILES string of the molecule is CNC(O)Cn1ncc2ccc(C)cc21. The summed E-state index contributed by atoms with van der Waals surface area (Å²) in [6.45, 7) is 2.51. The minimum atomic E-state index is -0.561. The molecule has 1 unspecified atom stereocenters. The highest BCUT2D eigenvalue weighted by molar-refractivity contribution is 5.79. The number of fused-ring (bicyclic) bond motifs is 1. The number of nitrogens with zero attached hydrogens (tertiary/aromatic N) is 2. The van der Waals surface area contributed by atoms with E-state index in [1.807, 2.05) is 23.9 Å². The Morgan fingerprint density at radius 2 is 2.33 bits per heavy atom. The predicted octanol–water partition coefficient (Wildman–Crippen LogP) is 0.883. The summed E-state index contributed by atoms with van der Waals surface area (Å²) >= 11 is 0. The van der Waals surface area contributed by atoms with Crippen molar-refractivity contribution in [1.29, 1.82) is 0 Å². The fraction of sp³-hybridized carbons (Fsp3) is 0.364. The van der Waals surface area contributed by atoms with Crippen LogP contribution in [0.2, 0.25) is 0 Å². The average Bonchev–Trinajstić information content (AvgIpc) is 2.61. The zero-order valence-corrected chi connectivity index (χ0v) is 8.94. The third-order valence-corrected chi connectivity index (χ3v) is 2.48. The van der Waals surface area contributed by atoms with Crippen LogP contribution in [0.3, 0.4) is 0 Å².